The van der Waals surface area contributed by atoms with Gasteiger partial charge in [-0.15, -0.1) is 0 Å². The van der Waals surface area contributed by atoms with Gasteiger partial charge >= 0.3 is 12.0 Å². The van der Waals surface area contributed by atoms with E-state index >= 15 is 0 Å². The highest BCUT2D eigenvalue weighted by Crippen LogP contribution is 2.26. The molecular weight excluding hydrogens is 356 g/mol. The van der Waals surface area contributed by atoms with E-state index in [0.717, 1.165) is 33.4 Å². The minimum absolute atomic E-state index is 0.292. The predicted molar refractivity (Wildman–Crippen MR) is 107 cm³/mol. The maximum Gasteiger partial charge on any atom is 0.339 e. The second-order valence-corrected chi connectivity index (χ2v) is 6.79. The van der Waals surface area contributed by atoms with Crippen LogP contribution in [-0.2, 0) is 16.1 Å². The molecule has 0 aliphatic rings. The first-order chi connectivity index (χ1) is 13.2. The maximum absolute atomic E-state index is 12.5. The highest BCUT2D eigenvalue weighted by atomic mass is 16.5. The number of nitrogens with one attached hydrogen (secondary N) is 2. The average molecular weight is 382 g/mol. The highest BCUT2D eigenvalue weighted by Gasteiger charge is 2.20. The zero-order valence-corrected chi connectivity index (χ0v) is 16.9. The molecule has 28 heavy (non-hydrogen) atoms. The summed E-state index contributed by atoms with van der Waals surface area (Å²) in [5.41, 5.74) is 6.26. The van der Waals surface area contributed by atoms with Crippen molar-refractivity contribution < 1.29 is 19.1 Å². The lowest BCUT2D eigenvalue weighted by Gasteiger charge is -2.17. The van der Waals surface area contributed by atoms with E-state index in [2.05, 4.69) is 10.6 Å². The van der Waals surface area contributed by atoms with E-state index in [-0.39, 0.29) is 0 Å². The monoisotopic (exact) mass is 382 g/mol. The molecule has 0 fully saturated rings. The van der Waals surface area contributed by atoms with E-state index in [9.17, 15) is 14.4 Å². The molecule has 3 amide bonds. The fourth-order valence-electron chi connectivity index (χ4n) is 2.99. The molecule has 0 saturated heterocycles. The van der Waals surface area contributed by atoms with Crippen molar-refractivity contribution >= 4 is 17.9 Å². The number of urea groups is 1. The normalized spacial score (nSPS) is 10.3. The Labute approximate surface area is 165 Å². The Morgan fingerprint density at radius 1 is 0.821 bits per heavy atom. The van der Waals surface area contributed by atoms with Gasteiger partial charge < -0.3 is 10.1 Å². The van der Waals surface area contributed by atoms with Crippen LogP contribution in [0.1, 0.15) is 43.7 Å². The Bertz CT molecular complexity index is 875. The zero-order chi connectivity index (χ0) is 20.8. The lowest BCUT2D eigenvalue weighted by molar-refractivity contribution is -0.123. The summed E-state index contributed by atoms with van der Waals surface area (Å²) in [4.78, 5) is 36.2. The van der Waals surface area contributed by atoms with Gasteiger partial charge in [0.2, 0.25) is 0 Å². The standard InChI is InChI=1S/C22H26N2O4/c1-13-14(2)16(4)20(17(5)15(13)3)21(26)28-12-19(25)24-22(27)23-11-18-9-7-6-8-10-18/h6-10H,11-12H2,1-5H3,(H2,23,24,25,27). The summed E-state index contributed by atoms with van der Waals surface area (Å²) in [6, 6.07) is 8.68. The van der Waals surface area contributed by atoms with Gasteiger partial charge in [-0.1, -0.05) is 30.3 Å². The Hall–Kier alpha value is -3.15. The van der Waals surface area contributed by atoms with Gasteiger partial charge in [0.15, 0.2) is 6.61 Å². The quantitative estimate of drug-likeness (QED) is 0.776. The molecule has 0 radical (unpaired) electrons. The van der Waals surface area contributed by atoms with E-state index in [1.54, 1.807) is 0 Å². The van der Waals surface area contributed by atoms with E-state index in [0.29, 0.717) is 12.1 Å². The minimum Gasteiger partial charge on any atom is -0.452 e. The summed E-state index contributed by atoms with van der Waals surface area (Å²) in [6.07, 6.45) is 0. The van der Waals surface area contributed by atoms with Crippen LogP contribution in [0.4, 0.5) is 4.79 Å². The van der Waals surface area contributed by atoms with E-state index in [1.165, 1.54) is 0 Å². The summed E-state index contributed by atoms with van der Waals surface area (Å²) in [6.45, 7) is 9.42. The molecule has 6 heteroatoms. The van der Waals surface area contributed by atoms with Crippen LogP contribution in [0.3, 0.4) is 0 Å². The topological polar surface area (TPSA) is 84.5 Å². The van der Waals surface area contributed by atoms with E-state index in [1.807, 2.05) is 65.0 Å². The molecule has 2 rings (SSSR count). The molecule has 0 atom stereocenters. The molecule has 148 valence electrons. The third-order valence-electron chi connectivity index (χ3n) is 5.09. The number of rotatable bonds is 5. The molecule has 0 heterocycles. The molecule has 0 bridgehead atoms. The van der Waals surface area contributed by atoms with Crippen molar-refractivity contribution in [3.63, 3.8) is 0 Å². The summed E-state index contributed by atoms with van der Waals surface area (Å²) >= 11 is 0. The van der Waals surface area contributed by atoms with Crippen molar-refractivity contribution in [2.24, 2.45) is 0 Å². The second kappa shape index (κ2) is 9.17. The van der Waals surface area contributed by atoms with Gasteiger partial charge in [0.25, 0.3) is 5.91 Å². The van der Waals surface area contributed by atoms with E-state index in [4.69, 9.17) is 4.74 Å². The van der Waals surface area contributed by atoms with Gasteiger partial charge in [-0.25, -0.2) is 9.59 Å². The first kappa shape index (κ1) is 21.2. The molecule has 0 unspecified atom stereocenters. The SMILES string of the molecule is Cc1c(C)c(C)c(C(=O)OCC(=O)NC(=O)NCc2ccccc2)c(C)c1C. The first-order valence-electron chi connectivity index (χ1n) is 9.08. The van der Waals surface area contributed by atoms with Crippen LogP contribution in [0, 0.1) is 34.6 Å². The van der Waals surface area contributed by atoms with Crippen molar-refractivity contribution in [2.75, 3.05) is 6.61 Å². The molecule has 0 saturated carbocycles. The molecule has 6 nitrogen and oxygen atoms in total. The maximum atomic E-state index is 12.5. The molecule has 0 aliphatic carbocycles. The molecule has 0 aromatic heterocycles. The zero-order valence-electron chi connectivity index (χ0n) is 16.9. The Morgan fingerprint density at radius 2 is 1.36 bits per heavy atom. The summed E-state index contributed by atoms with van der Waals surface area (Å²) in [5.74, 6) is -1.25. The number of hydrogen-bond donors (Lipinski definition) is 2. The predicted octanol–water partition coefficient (Wildman–Crippen LogP) is 3.41. The smallest absolute Gasteiger partial charge is 0.339 e. The lowest BCUT2D eigenvalue weighted by atomic mass is 9.90. The van der Waals surface area contributed by atoms with Crippen LogP contribution in [0.25, 0.3) is 0 Å². The average Bonchev–Trinajstić information content (AvgIpc) is 2.68. The van der Waals surface area contributed by atoms with E-state index < -0.39 is 24.5 Å². The number of esters is 1. The number of carbonyl (C=O) groups excluding carboxylic acids is 3. The summed E-state index contributed by atoms with van der Waals surface area (Å²) < 4.78 is 5.13. The fourth-order valence-corrected chi connectivity index (χ4v) is 2.99. The van der Waals surface area contributed by atoms with Gasteiger partial charge in [-0.3, -0.25) is 10.1 Å². The van der Waals surface area contributed by atoms with Crippen molar-refractivity contribution in [2.45, 2.75) is 41.2 Å². The lowest BCUT2D eigenvalue weighted by Crippen LogP contribution is -2.41. The van der Waals surface area contributed by atoms with Crippen LogP contribution in [0.15, 0.2) is 30.3 Å². The highest BCUT2D eigenvalue weighted by molar-refractivity contribution is 5.98. The Kier molecular flexibility index (Phi) is 6.93. The van der Waals surface area contributed by atoms with Crippen molar-refractivity contribution in [1.82, 2.24) is 10.6 Å². The van der Waals surface area contributed by atoms with Gasteiger partial charge in [-0.05, 0) is 68.0 Å². The van der Waals surface area contributed by atoms with Crippen molar-refractivity contribution in [1.29, 1.82) is 0 Å². The van der Waals surface area contributed by atoms with Gasteiger partial charge in [0.1, 0.15) is 0 Å². The molecule has 2 N–H and O–H groups in total. The van der Waals surface area contributed by atoms with Crippen LogP contribution < -0.4 is 10.6 Å². The first-order valence-corrected chi connectivity index (χ1v) is 9.08. The number of ether oxygens (including phenoxy) is 1. The van der Waals surface area contributed by atoms with Crippen LogP contribution in [0.5, 0.6) is 0 Å². The molecule has 0 spiro atoms. The van der Waals surface area contributed by atoms with Crippen LogP contribution in [-0.4, -0.2) is 24.5 Å². The van der Waals surface area contributed by atoms with Crippen LogP contribution >= 0.6 is 0 Å². The number of imide groups is 1. The van der Waals surface area contributed by atoms with Gasteiger partial charge in [0, 0.05) is 6.54 Å². The third kappa shape index (κ3) is 4.97. The number of benzene rings is 2. The minimum atomic E-state index is -0.685. The van der Waals surface area contributed by atoms with Gasteiger partial charge in [-0.2, -0.15) is 0 Å². The van der Waals surface area contributed by atoms with Crippen LogP contribution in [0.2, 0.25) is 0 Å². The van der Waals surface area contributed by atoms with Crippen molar-refractivity contribution in [3.05, 3.63) is 69.3 Å². The molecule has 2 aromatic carbocycles. The number of hydrogen-bond acceptors (Lipinski definition) is 4. The molecule has 2 aromatic rings. The largest absolute Gasteiger partial charge is 0.452 e. The Morgan fingerprint density at radius 3 is 1.93 bits per heavy atom. The molecular formula is C22H26N2O4. The number of amides is 3. The fraction of sp³-hybridized carbons (Fsp3) is 0.318. The molecule has 0 aliphatic heterocycles. The van der Waals surface area contributed by atoms with Crippen molar-refractivity contribution in [3.8, 4) is 0 Å². The summed E-state index contributed by atoms with van der Waals surface area (Å²) in [5, 5.41) is 4.73. The Balaban J connectivity index is 1.91. The number of carbonyl (C=O) groups is 3. The summed E-state index contributed by atoms with van der Waals surface area (Å²) in [7, 11) is 0. The second-order valence-electron chi connectivity index (χ2n) is 6.79. The third-order valence-corrected chi connectivity index (χ3v) is 5.09. The van der Waals surface area contributed by atoms with Gasteiger partial charge in [0.05, 0.1) is 5.56 Å².